The molecular weight excluding hydrogens is 174 g/mol. The van der Waals surface area contributed by atoms with E-state index in [4.69, 9.17) is 0 Å². The number of hydrogen-bond acceptors (Lipinski definition) is 2. The third-order valence-electron chi connectivity index (χ3n) is 4.13. The highest BCUT2D eigenvalue weighted by Gasteiger charge is 2.30. The summed E-state index contributed by atoms with van der Waals surface area (Å²) in [4.78, 5) is 2.42. The van der Waals surface area contributed by atoms with Crippen LogP contribution < -0.4 is 0 Å². The molecule has 2 nitrogen and oxygen atoms in total. The van der Waals surface area contributed by atoms with Gasteiger partial charge in [0.15, 0.2) is 0 Å². The Morgan fingerprint density at radius 2 is 1.79 bits per heavy atom. The summed E-state index contributed by atoms with van der Waals surface area (Å²) < 4.78 is 0. The highest BCUT2D eigenvalue weighted by Crippen LogP contribution is 2.34. The number of likely N-dealkylation sites (tertiary alicyclic amines) is 1. The first-order valence-corrected chi connectivity index (χ1v) is 5.90. The number of aliphatic hydroxyl groups is 1. The van der Waals surface area contributed by atoms with E-state index in [-0.39, 0.29) is 6.10 Å². The molecule has 0 amide bonds. The Morgan fingerprint density at radius 1 is 1.29 bits per heavy atom. The zero-order valence-corrected chi connectivity index (χ0v) is 10.1. The number of hydrogen-bond donors (Lipinski definition) is 1. The first-order chi connectivity index (χ1) is 6.48. The van der Waals surface area contributed by atoms with Crippen LogP contribution in [0.3, 0.4) is 0 Å². The van der Waals surface area contributed by atoms with Crippen LogP contribution in [-0.4, -0.2) is 35.2 Å². The van der Waals surface area contributed by atoms with Gasteiger partial charge in [-0.1, -0.05) is 20.3 Å². The predicted octanol–water partition coefficient (Wildman–Crippen LogP) is 2.27. The molecule has 2 unspecified atom stereocenters. The molecule has 2 heteroatoms. The van der Waals surface area contributed by atoms with E-state index in [2.05, 4.69) is 25.7 Å². The minimum atomic E-state index is -0.207. The first-order valence-electron chi connectivity index (χ1n) is 5.90. The average Bonchev–Trinajstić information content (AvgIpc) is 2.18. The van der Waals surface area contributed by atoms with Crippen LogP contribution in [0.1, 0.15) is 47.0 Å². The topological polar surface area (TPSA) is 23.5 Å². The summed E-state index contributed by atoms with van der Waals surface area (Å²) in [5, 5.41) is 9.52. The van der Waals surface area contributed by atoms with Crippen molar-refractivity contribution < 1.29 is 5.11 Å². The number of aliphatic hydroxyl groups excluding tert-OH is 1. The highest BCUT2D eigenvalue weighted by molar-refractivity contribution is 4.84. The van der Waals surface area contributed by atoms with Crippen LogP contribution in [-0.2, 0) is 0 Å². The van der Waals surface area contributed by atoms with E-state index < -0.39 is 0 Å². The molecule has 1 saturated heterocycles. The monoisotopic (exact) mass is 199 g/mol. The van der Waals surface area contributed by atoms with Gasteiger partial charge >= 0.3 is 0 Å². The third kappa shape index (κ3) is 2.71. The Bertz CT molecular complexity index is 171. The van der Waals surface area contributed by atoms with Crippen molar-refractivity contribution in [2.24, 2.45) is 5.41 Å². The molecule has 1 fully saturated rings. The molecule has 1 heterocycles. The number of nitrogens with zero attached hydrogens (tertiary/aromatic N) is 1. The van der Waals surface area contributed by atoms with Crippen LogP contribution in [0.5, 0.6) is 0 Å². The molecule has 2 atom stereocenters. The lowest BCUT2D eigenvalue weighted by atomic mass is 9.78. The van der Waals surface area contributed by atoms with Crippen molar-refractivity contribution in [1.29, 1.82) is 0 Å². The van der Waals surface area contributed by atoms with Gasteiger partial charge in [-0.2, -0.15) is 0 Å². The van der Waals surface area contributed by atoms with Crippen LogP contribution in [0.25, 0.3) is 0 Å². The SMILES string of the molecule is CCC1(C)CCN(C(C)C(C)O)CC1. The Balaban J connectivity index is 2.43. The summed E-state index contributed by atoms with van der Waals surface area (Å²) in [7, 11) is 0. The van der Waals surface area contributed by atoms with E-state index in [1.54, 1.807) is 0 Å². The summed E-state index contributed by atoms with van der Waals surface area (Å²) in [5.74, 6) is 0. The van der Waals surface area contributed by atoms with Gasteiger partial charge in [-0.3, -0.25) is 4.90 Å². The predicted molar refractivity (Wildman–Crippen MR) is 60.3 cm³/mol. The van der Waals surface area contributed by atoms with Gasteiger partial charge in [0.05, 0.1) is 6.10 Å². The maximum absolute atomic E-state index is 9.52. The fourth-order valence-corrected chi connectivity index (χ4v) is 2.13. The summed E-state index contributed by atoms with van der Waals surface area (Å²) in [6.07, 6.45) is 3.63. The van der Waals surface area contributed by atoms with Gasteiger partial charge in [0.2, 0.25) is 0 Å². The first kappa shape index (κ1) is 12.0. The van der Waals surface area contributed by atoms with E-state index >= 15 is 0 Å². The lowest BCUT2D eigenvalue weighted by molar-refractivity contribution is 0.0269. The highest BCUT2D eigenvalue weighted by atomic mass is 16.3. The largest absolute Gasteiger partial charge is 0.392 e. The molecule has 1 N–H and O–H groups in total. The minimum Gasteiger partial charge on any atom is -0.392 e. The standard InChI is InChI=1S/C12H25NO/c1-5-12(4)6-8-13(9-7-12)10(2)11(3)14/h10-11,14H,5-9H2,1-4H3. The Hall–Kier alpha value is -0.0800. The summed E-state index contributed by atoms with van der Waals surface area (Å²) in [6, 6.07) is 0.316. The fourth-order valence-electron chi connectivity index (χ4n) is 2.13. The minimum absolute atomic E-state index is 0.207. The van der Waals surface area contributed by atoms with E-state index in [0.717, 1.165) is 13.1 Å². The normalized spacial score (nSPS) is 27.2. The lowest BCUT2D eigenvalue weighted by Crippen LogP contribution is -2.47. The van der Waals surface area contributed by atoms with E-state index in [1.807, 2.05) is 6.92 Å². The van der Waals surface area contributed by atoms with Crippen molar-refractivity contribution >= 4 is 0 Å². The van der Waals surface area contributed by atoms with Crippen LogP contribution in [0.2, 0.25) is 0 Å². The van der Waals surface area contributed by atoms with Gasteiger partial charge in [0, 0.05) is 6.04 Å². The molecule has 0 radical (unpaired) electrons. The van der Waals surface area contributed by atoms with Gasteiger partial charge in [0.1, 0.15) is 0 Å². The van der Waals surface area contributed by atoms with Gasteiger partial charge in [-0.15, -0.1) is 0 Å². The van der Waals surface area contributed by atoms with Crippen molar-refractivity contribution in [3.05, 3.63) is 0 Å². The Morgan fingerprint density at radius 3 is 2.14 bits per heavy atom. The number of piperidine rings is 1. The van der Waals surface area contributed by atoms with Crippen LogP contribution >= 0.6 is 0 Å². The number of rotatable bonds is 3. The van der Waals surface area contributed by atoms with Crippen molar-refractivity contribution in [2.45, 2.75) is 59.1 Å². The zero-order valence-electron chi connectivity index (χ0n) is 10.1. The maximum atomic E-state index is 9.52. The van der Waals surface area contributed by atoms with E-state index in [0.29, 0.717) is 11.5 Å². The van der Waals surface area contributed by atoms with Crippen molar-refractivity contribution in [3.63, 3.8) is 0 Å². The third-order valence-corrected chi connectivity index (χ3v) is 4.13. The molecule has 14 heavy (non-hydrogen) atoms. The van der Waals surface area contributed by atoms with Crippen molar-refractivity contribution in [2.75, 3.05) is 13.1 Å². The van der Waals surface area contributed by atoms with Gasteiger partial charge in [-0.25, -0.2) is 0 Å². The average molecular weight is 199 g/mol. The second-order valence-electron chi connectivity index (χ2n) is 5.18. The van der Waals surface area contributed by atoms with Crippen LogP contribution in [0.15, 0.2) is 0 Å². The Labute approximate surface area is 88.3 Å². The molecule has 84 valence electrons. The van der Waals surface area contributed by atoms with Gasteiger partial charge in [-0.05, 0) is 45.2 Å². The summed E-state index contributed by atoms with van der Waals surface area (Å²) >= 11 is 0. The molecule has 0 saturated carbocycles. The summed E-state index contributed by atoms with van der Waals surface area (Å²) in [6.45, 7) is 11.0. The van der Waals surface area contributed by atoms with Gasteiger partial charge < -0.3 is 5.11 Å². The molecule has 0 bridgehead atoms. The second-order valence-corrected chi connectivity index (χ2v) is 5.18. The second kappa shape index (κ2) is 4.63. The zero-order chi connectivity index (χ0) is 10.8. The molecule has 0 aliphatic carbocycles. The summed E-state index contributed by atoms with van der Waals surface area (Å²) in [5.41, 5.74) is 0.551. The van der Waals surface area contributed by atoms with E-state index in [9.17, 15) is 5.11 Å². The van der Waals surface area contributed by atoms with Crippen molar-refractivity contribution in [1.82, 2.24) is 4.90 Å². The van der Waals surface area contributed by atoms with Crippen LogP contribution in [0, 0.1) is 5.41 Å². The quantitative estimate of drug-likeness (QED) is 0.753. The molecule has 0 aromatic rings. The molecule has 0 aromatic heterocycles. The van der Waals surface area contributed by atoms with Crippen LogP contribution in [0.4, 0.5) is 0 Å². The molecule has 1 aliphatic heterocycles. The Kier molecular flexibility index (Phi) is 3.96. The maximum Gasteiger partial charge on any atom is 0.0664 e. The lowest BCUT2D eigenvalue weighted by Gasteiger charge is -2.42. The van der Waals surface area contributed by atoms with E-state index in [1.165, 1.54) is 19.3 Å². The molecular formula is C12H25NO. The molecule has 1 aliphatic rings. The van der Waals surface area contributed by atoms with Gasteiger partial charge in [0.25, 0.3) is 0 Å². The van der Waals surface area contributed by atoms with Crippen molar-refractivity contribution in [3.8, 4) is 0 Å². The smallest absolute Gasteiger partial charge is 0.0664 e. The molecule has 1 rings (SSSR count). The fraction of sp³-hybridized carbons (Fsp3) is 1.00. The molecule has 0 spiro atoms. The molecule has 0 aromatic carbocycles.